The van der Waals surface area contributed by atoms with Gasteiger partial charge in [-0.25, -0.2) is 4.39 Å². The second-order valence-electron chi connectivity index (χ2n) is 6.07. The Kier molecular flexibility index (Phi) is 4.44. The summed E-state index contributed by atoms with van der Waals surface area (Å²) in [6, 6.07) is 5.84. The first-order chi connectivity index (χ1) is 8.46. The maximum atomic E-state index is 13.1. The molecule has 0 radical (unpaired) electrons. The third-order valence-corrected chi connectivity index (χ3v) is 4.53. The molecule has 0 bridgehead atoms. The molecule has 1 aromatic rings. The number of hydrogen-bond acceptors (Lipinski definition) is 1. The van der Waals surface area contributed by atoms with Crippen molar-refractivity contribution in [3.05, 3.63) is 34.1 Å². The van der Waals surface area contributed by atoms with Gasteiger partial charge in [0.1, 0.15) is 5.82 Å². The third kappa shape index (κ3) is 3.79. The number of halogens is 2. The van der Waals surface area contributed by atoms with Crippen LogP contribution >= 0.6 is 15.9 Å². The standard InChI is InChI=1S/C15H21BrFN/c1-15(2)7-5-12(6-8-15)18-10-11-3-4-14(17)13(16)9-11/h3-4,9,12,18H,5-8,10H2,1-2H3. The van der Waals surface area contributed by atoms with Crippen molar-refractivity contribution in [2.24, 2.45) is 5.41 Å². The fourth-order valence-electron chi connectivity index (χ4n) is 2.52. The average Bonchev–Trinajstić information content (AvgIpc) is 2.32. The van der Waals surface area contributed by atoms with Crippen molar-refractivity contribution < 1.29 is 4.39 Å². The summed E-state index contributed by atoms with van der Waals surface area (Å²) in [5, 5.41) is 3.58. The van der Waals surface area contributed by atoms with Gasteiger partial charge in [-0.05, 0) is 64.7 Å². The number of benzene rings is 1. The summed E-state index contributed by atoms with van der Waals surface area (Å²) in [4.78, 5) is 0. The summed E-state index contributed by atoms with van der Waals surface area (Å²) >= 11 is 3.22. The highest BCUT2D eigenvalue weighted by Crippen LogP contribution is 2.35. The van der Waals surface area contributed by atoms with Gasteiger partial charge in [-0.3, -0.25) is 0 Å². The number of hydrogen-bond donors (Lipinski definition) is 1. The maximum absolute atomic E-state index is 13.1. The highest BCUT2D eigenvalue weighted by atomic mass is 79.9. The van der Waals surface area contributed by atoms with Crippen molar-refractivity contribution in [2.45, 2.75) is 52.1 Å². The first-order valence-electron chi connectivity index (χ1n) is 6.64. The van der Waals surface area contributed by atoms with E-state index in [1.165, 1.54) is 31.7 Å². The van der Waals surface area contributed by atoms with E-state index in [4.69, 9.17) is 0 Å². The van der Waals surface area contributed by atoms with Gasteiger partial charge in [-0.2, -0.15) is 0 Å². The molecule has 3 heteroatoms. The van der Waals surface area contributed by atoms with Gasteiger partial charge in [0.15, 0.2) is 0 Å². The van der Waals surface area contributed by atoms with E-state index in [1.54, 1.807) is 0 Å². The maximum Gasteiger partial charge on any atom is 0.137 e. The zero-order valence-corrected chi connectivity index (χ0v) is 12.7. The molecule has 1 aliphatic rings. The van der Waals surface area contributed by atoms with Crippen LogP contribution in [0, 0.1) is 11.2 Å². The van der Waals surface area contributed by atoms with Crippen LogP contribution in [0.4, 0.5) is 4.39 Å². The monoisotopic (exact) mass is 313 g/mol. The van der Waals surface area contributed by atoms with E-state index in [0.29, 0.717) is 15.9 Å². The number of nitrogens with one attached hydrogen (secondary N) is 1. The zero-order chi connectivity index (χ0) is 13.2. The minimum atomic E-state index is -0.196. The van der Waals surface area contributed by atoms with E-state index < -0.39 is 0 Å². The Bertz CT molecular complexity index is 407. The fraction of sp³-hybridized carbons (Fsp3) is 0.600. The van der Waals surface area contributed by atoms with E-state index in [0.717, 1.165) is 12.1 Å². The summed E-state index contributed by atoms with van der Waals surface area (Å²) in [7, 11) is 0. The molecule has 0 aliphatic heterocycles. The van der Waals surface area contributed by atoms with E-state index in [1.807, 2.05) is 12.1 Å². The first-order valence-corrected chi connectivity index (χ1v) is 7.43. The molecule has 0 spiro atoms. The van der Waals surface area contributed by atoms with Crippen LogP contribution in [-0.4, -0.2) is 6.04 Å². The van der Waals surface area contributed by atoms with Gasteiger partial charge in [0.05, 0.1) is 4.47 Å². The highest BCUT2D eigenvalue weighted by Gasteiger charge is 2.26. The van der Waals surface area contributed by atoms with Crippen LogP contribution < -0.4 is 5.32 Å². The molecule has 1 saturated carbocycles. The van der Waals surface area contributed by atoms with Gasteiger partial charge >= 0.3 is 0 Å². The van der Waals surface area contributed by atoms with Gasteiger partial charge < -0.3 is 5.32 Å². The Morgan fingerprint density at radius 1 is 1.33 bits per heavy atom. The molecule has 0 saturated heterocycles. The molecule has 0 heterocycles. The van der Waals surface area contributed by atoms with Crippen molar-refractivity contribution in [3.8, 4) is 0 Å². The Morgan fingerprint density at radius 2 is 2.00 bits per heavy atom. The predicted octanol–water partition coefficient (Wildman–Crippen LogP) is 4.65. The summed E-state index contributed by atoms with van der Waals surface area (Å²) in [6.07, 6.45) is 5.07. The quantitative estimate of drug-likeness (QED) is 0.856. The van der Waals surface area contributed by atoms with E-state index in [-0.39, 0.29) is 5.82 Å². The van der Waals surface area contributed by atoms with E-state index in [9.17, 15) is 4.39 Å². The van der Waals surface area contributed by atoms with E-state index >= 15 is 0 Å². The van der Waals surface area contributed by atoms with Crippen LogP contribution in [0.15, 0.2) is 22.7 Å². The second-order valence-corrected chi connectivity index (χ2v) is 6.92. The highest BCUT2D eigenvalue weighted by molar-refractivity contribution is 9.10. The van der Waals surface area contributed by atoms with Gasteiger partial charge in [0.25, 0.3) is 0 Å². The van der Waals surface area contributed by atoms with Gasteiger partial charge in [-0.15, -0.1) is 0 Å². The Morgan fingerprint density at radius 3 is 2.61 bits per heavy atom. The lowest BCUT2D eigenvalue weighted by molar-refractivity contribution is 0.206. The molecular weight excluding hydrogens is 293 g/mol. The molecule has 1 aromatic carbocycles. The summed E-state index contributed by atoms with van der Waals surface area (Å²) in [5.74, 6) is -0.196. The van der Waals surface area contributed by atoms with Crippen LogP contribution in [0.2, 0.25) is 0 Å². The molecule has 100 valence electrons. The summed E-state index contributed by atoms with van der Waals surface area (Å²) < 4.78 is 13.7. The number of rotatable bonds is 3. The molecule has 0 unspecified atom stereocenters. The lowest BCUT2D eigenvalue weighted by Gasteiger charge is -2.34. The molecule has 1 aliphatic carbocycles. The SMILES string of the molecule is CC1(C)CCC(NCc2ccc(F)c(Br)c2)CC1. The van der Waals surface area contributed by atoms with Crippen molar-refractivity contribution >= 4 is 15.9 Å². The molecule has 0 amide bonds. The van der Waals surface area contributed by atoms with E-state index in [2.05, 4.69) is 35.1 Å². The van der Waals surface area contributed by atoms with Crippen LogP contribution in [0.5, 0.6) is 0 Å². The second kappa shape index (κ2) is 5.70. The average molecular weight is 314 g/mol. The Labute approximate surface area is 117 Å². The molecular formula is C15H21BrFN. The minimum Gasteiger partial charge on any atom is -0.310 e. The molecule has 0 aromatic heterocycles. The fourth-order valence-corrected chi connectivity index (χ4v) is 2.94. The van der Waals surface area contributed by atoms with Crippen molar-refractivity contribution in [3.63, 3.8) is 0 Å². The molecule has 0 atom stereocenters. The van der Waals surface area contributed by atoms with Crippen LogP contribution in [0.3, 0.4) is 0 Å². The summed E-state index contributed by atoms with van der Waals surface area (Å²) in [5.41, 5.74) is 1.64. The van der Waals surface area contributed by atoms with Crippen LogP contribution in [-0.2, 0) is 6.54 Å². The minimum absolute atomic E-state index is 0.196. The molecule has 18 heavy (non-hydrogen) atoms. The zero-order valence-electron chi connectivity index (χ0n) is 11.1. The molecule has 1 N–H and O–H groups in total. The van der Waals surface area contributed by atoms with Crippen LogP contribution in [0.25, 0.3) is 0 Å². The van der Waals surface area contributed by atoms with Gasteiger partial charge in [0.2, 0.25) is 0 Å². The normalized spacial score (nSPS) is 20.0. The van der Waals surface area contributed by atoms with Crippen molar-refractivity contribution in [1.29, 1.82) is 0 Å². The van der Waals surface area contributed by atoms with Crippen LogP contribution in [0.1, 0.15) is 45.1 Å². The van der Waals surface area contributed by atoms with Crippen molar-refractivity contribution in [1.82, 2.24) is 5.32 Å². The van der Waals surface area contributed by atoms with Crippen molar-refractivity contribution in [2.75, 3.05) is 0 Å². The lowest BCUT2D eigenvalue weighted by atomic mass is 9.75. The topological polar surface area (TPSA) is 12.0 Å². The predicted molar refractivity (Wildman–Crippen MR) is 77.0 cm³/mol. The molecule has 1 fully saturated rings. The Hall–Kier alpha value is -0.410. The largest absolute Gasteiger partial charge is 0.310 e. The Balaban J connectivity index is 1.83. The molecule has 2 rings (SSSR count). The molecule has 1 nitrogen and oxygen atoms in total. The lowest BCUT2D eigenvalue weighted by Crippen LogP contribution is -2.35. The third-order valence-electron chi connectivity index (χ3n) is 3.92. The smallest absolute Gasteiger partial charge is 0.137 e. The van der Waals surface area contributed by atoms with Gasteiger partial charge in [-0.1, -0.05) is 19.9 Å². The summed E-state index contributed by atoms with van der Waals surface area (Å²) in [6.45, 7) is 5.52. The first kappa shape index (κ1) is 14.0. The van der Waals surface area contributed by atoms with Gasteiger partial charge in [0, 0.05) is 12.6 Å².